The van der Waals surface area contributed by atoms with Crippen LogP contribution in [-0.4, -0.2) is 17.1 Å². The zero-order valence-electron chi connectivity index (χ0n) is 18.1. The SMILES string of the molecule is CC1(C)CC=C(c2cc(C3(C#N)CC4(C)CCC(C)(C3)O4)ccc2C(N)=O)CC1. The van der Waals surface area contributed by atoms with Gasteiger partial charge < -0.3 is 10.5 Å². The normalized spacial score (nSPS) is 35.6. The van der Waals surface area contributed by atoms with Crippen LogP contribution in [0.3, 0.4) is 0 Å². The number of carbonyl (C=O) groups is 1. The summed E-state index contributed by atoms with van der Waals surface area (Å²) in [5, 5.41) is 10.3. The molecule has 4 heteroatoms. The van der Waals surface area contributed by atoms with Crippen molar-refractivity contribution in [2.24, 2.45) is 11.1 Å². The monoisotopic (exact) mass is 392 g/mol. The van der Waals surface area contributed by atoms with Gasteiger partial charge in [-0.05, 0) is 93.0 Å². The molecule has 2 unspecified atom stereocenters. The number of rotatable bonds is 3. The number of hydrogen-bond donors (Lipinski definition) is 1. The van der Waals surface area contributed by atoms with Crippen LogP contribution < -0.4 is 5.73 Å². The fourth-order valence-electron chi connectivity index (χ4n) is 5.81. The van der Waals surface area contributed by atoms with Crippen LogP contribution in [0, 0.1) is 16.7 Å². The van der Waals surface area contributed by atoms with E-state index >= 15 is 0 Å². The summed E-state index contributed by atoms with van der Waals surface area (Å²) in [6.45, 7) is 8.81. The molecule has 2 heterocycles. The van der Waals surface area contributed by atoms with Crippen molar-refractivity contribution in [1.29, 1.82) is 5.26 Å². The number of ether oxygens (including phenoxy) is 1. The number of nitrogens with zero attached hydrogens (tertiary/aromatic N) is 1. The Kier molecular flexibility index (Phi) is 4.48. The number of hydrogen-bond acceptors (Lipinski definition) is 3. The number of fused-ring (bicyclic) bond motifs is 2. The van der Waals surface area contributed by atoms with Gasteiger partial charge in [0.05, 0.1) is 22.7 Å². The Morgan fingerprint density at radius 3 is 2.28 bits per heavy atom. The highest BCUT2D eigenvalue weighted by Gasteiger charge is 2.57. The molecule has 4 nitrogen and oxygen atoms in total. The number of allylic oxidation sites excluding steroid dienone is 2. The minimum atomic E-state index is -0.600. The molecule has 2 saturated heterocycles. The number of carbonyl (C=O) groups excluding carboxylic acids is 1. The van der Waals surface area contributed by atoms with Crippen LogP contribution in [0.4, 0.5) is 0 Å². The molecule has 0 saturated carbocycles. The average Bonchev–Trinajstić information content (AvgIpc) is 2.88. The van der Waals surface area contributed by atoms with Crippen molar-refractivity contribution in [3.05, 3.63) is 41.0 Å². The lowest BCUT2D eigenvalue weighted by molar-refractivity contribution is -0.138. The first-order valence-electron chi connectivity index (χ1n) is 10.7. The van der Waals surface area contributed by atoms with E-state index in [2.05, 4.69) is 45.9 Å². The van der Waals surface area contributed by atoms with Crippen LogP contribution in [0.1, 0.15) is 94.1 Å². The Hall–Kier alpha value is -2.12. The Bertz CT molecular complexity index is 921. The molecule has 1 amide bonds. The second-order valence-electron chi connectivity index (χ2n) is 10.8. The predicted octanol–water partition coefficient (Wildman–Crippen LogP) is 5.26. The second-order valence-corrected chi connectivity index (χ2v) is 10.8. The van der Waals surface area contributed by atoms with E-state index in [-0.39, 0.29) is 16.6 Å². The summed E-state index contributed by atoms with van der Waals surface area (Å²) in [4.78, 5) is 12.2. The van der Waals surface area contributed by atoms with Crippen LogP contribution in [-0.2, 0) is 10.2 Å². The number of primary amides is 1. The lowest BCUT2D eigenvalue weighted by Crippen LogP contribution is -2.48. The first kappa shape index (κ1) is 20.2. The molecule has 1 aliphatic carbocycles. The van der Waals surface area contributed by atoms with E-state index in [9.17, 15) is 10.1 Å². The molecule has 1 aromatic carbocycles. The fraction of sp³-hybridized carbons (Fsp3) is 0.600. The maximum atomic E-state index is 12.2. The summed E-state index contributed by atoms with van der Waals surface area (Å²) in [6, 6.07) is 8.51. The Morgan fingerprint density at radius 2 is 1.76 bits per heavy atom. The smallest absolute Gasteiger partial charge is 0.249 e. The molecule has 154 valence electrons. The maximum absolute atomic E-state index is 12.2. The molecule has 0 aromatic heterocycles. The van der Waals surface area contributed by atoms with Gasteiger partial charge in [-0.2, -0.15) is 5.26 Å². The quantitative estimate of drug-likeness (QED) is 0.762. The third-order valence-electron chi connectivity index (χ3n) is 7.40. The standard InChI is InChI=1S/C25H32N2O2/c1-22(2)9-7-17(8-10-22)20-13-18(5-6-19(20)21(27)28)25(16-26)14-23(3)11-12-24(4,15-25)29-23/h5-7,13H,8-12,14-15H2,1-4H3,(H2,27,28). The van der Waals surface area contributed by atoms with Crippen molar-refractivity contribution in [2.45, 2.75) is 89.3 Å². The zero-order chi connectivity index (χ0) is 21.1. The zero-order valence-corrected chi connectivity index (χ0v) is 18.1. The van der Waals surface area contributed by atoms with Crippen LogP contribution in [0.15, 0.2) is 24.3 Å². The Balaban J connectivity index is 1.80. The van der Waals surface area contributed by atoms with Crippen LogP contribution in [0.25, 0.3) is 5.57 Å². The molecular formula is C25H32N2O2. The summed E-state index contributed by atoms with van der Waals surface area (Å²) < 4.78 is 6.35. The summed E-state index contributed by atoms with van der Waals surface area (Å²) in [6.07, 6.45) is 8.59. The van der Waals surface area contributed by atoms with Gasteiger partial charge in [-0.1, -0.05) is 26.0 Å². The number of amides is 1. The van der Waals surface area contributed by atoms with E-state index < -0.39 is 11.3 Å². The maximum Gasteiger partial charge on any atom is 0.249 e. The summed E-state index contributed by atoms with van der Waals surface area (Å²) >= 11 is 0. The van der Waals surface area contributed by atoms with E-state index in [4.69, 9.17) is 10.5 Å². The van der Waals surface area contributed by atoms with Crippen molar-refractivity contribution < 1.29 is 9.53 Å². The van der Waals surface area contributed by atoms with Gasteiger partial charge in [0.25, 0.3) is 0 Å². The van der Waals surface area contributed by atoms with Crippen molar-refractivity contribution in [2.75, 3.05) is 0 Å². The van der Waals surface area contributed by atoms with Crippen LogP contribution in [0.2, 0.25) is 0 Å². The Morgan fingerprint density at radius 1 is 1.10 bits per heavy atom. The molecule has 0 radical (unpaired) electrons. The van der Waals surface area contributed by atoms with Gasteiger partial charge in [0.2, 0.25) is 5.91 Å². The highest BCUT2D eigenvalue weighted by molar-refractivity contribution is 5.98. The largest absolute Gasteiger partial charge is 0.369 e. The molecule has 2 aliphatic heterocycles. The minimum absolute atomic E-state index is 0.265. The molecule has 0 spiro atoms. The van der Waals surface area contributed by atoms with Crippen LogP contribution >= 0.6 is 0 Å². The Labute approximate surface area is 174 Å². The first-order chi connectivity index (χ1) is 13.5. The third-order valence-corrected chi connectivity index (χ3v) is 7.40. The molecule has 2 N–H and O–H groups in total. The van der Waals surface area contributed by atoms with E-state index in [1.165, 1.54) is 5.57 Å². The lowest BCUT2D eigenvalue weighted by Gasteiger charge is -2.45. The van der Waals surface area contributed by atoms with Crippen molar-refractivity contribution >= 4 is 11.5 Å². The molecule has 2 atom stereocenters. The number of nitrogens with two attached hydrogens (primary N) is 1. The van der Waals surface area contributed by atoms with E-state index in [1.54, 1.807) is 0 Å². The number of benzene rings is 1. The topological polar surface area (TPSA) is 76.1 Å². The van der Waals surface area contributed by atoms with E-state index in [1.807, 2.05) is 12.1 Å². The summed E-state index contributed by atoms with van der Waals surface area (Å²) in [5.41, 5.74) is 8.51. The van der Waals surface area contributed by atoms with Gasteiger partial charge in [-0.3, -0.25) is 4.79 Å². The number of nitriles is 1. The van der Waals surface area contributed by atoms with E-state index in [0.29, 0.717) is 18.4 Å². The van der Waals surface area contributed by atoms with Crippen LogP contribution in [0.5, 0.6) is 0 Å². The van der Waals surface area contributed by atoms with Crippen molar-refractivity contribution in [3.63, 3.8) is 0 Å². The molecular weight excluding hydrogens is 360 g/mol. The first-order valence-corrected chi connectivity index (χ1v) is 10.7. The van der Waals surface area contributed by atoms with Gasteiger partial charge in [0.15, 0.2) is 0 Å². The molecule has 1 aromatic rings. The molecule has 29 heavy (non-hydrogen) atoms. The van der Waals surface area contributed by atoms with Gasteiger partial charge in [0.1, 0.15) is 0 Å². The average molecular weight is 393 g/mol. The lowest BCUT2D eigenvalue weighted by atomic mass is 9.67. The highest BCUT2D eigenvalue weighted by Crippen LogP contribution is 2.56. The third kappa shape index (κ3) is 3.51. The fourth-order valence-corrected chi connectivity index (χ4v) is 5.81. The van der Waals surface area contributed by atoms with Gasteiger partial charge in [-0.25, -0.2) is 0 Å². The summed E-state index contributed by atoms with van der Waals surface area (Å²) in [5.74, 6) is -0.408. The molecule has 4 rings (SSSR count). The van der Waals surface area contributed by atoms with Crippen molar-refractivity contribution in [1.82, 2.24) is 0 Å². The predicted molar refractivity (Wildman–Crippen MR) is 114 cm³/mol. The molecule has 2 bridgehead atoms. The van der Waals surface area contributed by atoms with E-state index in [0.717, 1.165) is 43.2 Å². The second kappa shape index (κ2) is 6.44. The van der Waals surface area contributed by atoms with Gasteiger partial charge >= 0.3 is 0 Å². The minimum Gasteiger partial charge on any atom is -0.369 e. The van der Waals surface area contributed by atoms with Gasteiger partial charge in [-0.15, -0.1) is 0 Å². The van der Waals surface area contributed by atoms with Crippen molar-refractivity contribution in [3.8, 4) is 6.07 Å². The molecule has 3 aliphatic rings. The van der Waals surface area contributed by atoms with Gasteiger partial charge in [0, 0.05) is 5.56 Å². The summed E-state index contributed by atoms with van der Waals surface area (Å²) in [7, 11) is 0. The molecule has 2 fully saturated rings. The highest BCUT2D eigenvalue weighted by atomic mass is 16.5.